The molecule has 1 aromatic carbocycles. The SMILES string of the molecule is CC1CN(C(=O)c2cc(=O)c3ccccc3o2)CC1N. The van der Waals surface area contributed by atoms with Crippen molar-refractivity contribution in [1.82, 2.24) is 4.90 Å². The van der Waals surface area contributed by atoms with E-state index in [0.717, 1.165) is 0 Å². The molecule has 104 valence electrons. The number of carbonyl (C=O) groups is 1. The van der Waals surface area contributed by atoms with Gasteiger partial charge >= 0.3 is 0 Å². The first-order valence-electron chi connectivity index (χ1n) is 6.64. The molecule has 1 amide bonds. The van der Waals surface area contributed by atoms with Gasteiger partial charge in [-0.05, 0) is 18.1 Å². The first-order valence-corrected chi connectivity index (χ1v) is 6.64. The lowest BCUT2D eigenvalue weighted by Crippen LogP contribution is -2.32. The highest BCUT2D eigenvalue weighted by molar-refractivity contribution is 5.93. The molecule has 2 N–H and O–H groups in total. The molecule has 1 fully saturated rings. The molecule has 0 radical (unpaired) electrons. The highest BCUT2D eigenvalue weighted by Crippen LogP contribution is 2.19. The number of likely N-dealkylation sites (tertiary alicyclic amines) is 1. The molecule has 2 heterocycles. The van der Waals surface area contributed by atoms with Crippen molar-refractivity contribution in [2.45, 2.75) is 13.0 Å². The van der Waals surface area contributed by atoms with Gasteiger partial charge < -0.3 is 15.1 Å². The van der Waals surface area contributed by atoms with Gasteiger partial charge in [-0.15, -0.1) is 0 Å². The second-order valence-corrected chi connectivity index (χ2v) is 5.32. The minimum absolute atomic E-state index is 0.0221. The topological polar surface area (TPSA) is 76.5 Å². The highest BCUT2D eigenvalue weighted by atomic mass is 16.3. The van der Waals surface area contributed by atoms with Crippen molar-refractivity contribution < 1.29 is 9.21 Å². The van der Waals surface area contributed by atoms with Crippen LogP contribution in [0.2, 0.25) is 0 Å². The van der Waals surface area contributed by atoms with Gasteiger partial charge in [0.2, 0.25) is 0 Å². The summed E-state index contributed by atoms with van der Waals surface area (Å²) in [6.45, 7) is 3.10. The Kier molecular flexibility index (Phi) is 3.06. The summed E-state index contributed by atoms with van der Waals surface area (Å²) in [5.74, 6) is 0.0637. The number of para-hydroxylation sites is 1. The summed E-state index contributed by atoms with van der Waals surface area (Å²) < 4.78 is 5.56. The van der Waals surface area contributed by atoms with Crippen LogP contribution in [0, 0.1) is 5.92 Å². The molecular weight excluding hydrogens is 256 g/mol. The molecule has 2 aromatic rings. The molecule has 5 nitrogen and oxygen atoms in total. The van der Waals surface area contributed by atoms with Crippen molar-refractivity contribution in [3.63, 3.8) is 0 Å². The molecule has 0 spiro atoms. The fourth-order valence-electron chi connectivity index (χ4n) is 2.52. The number of carbonyl (C=O) groups excluding carboxylic acids is 1. The summed E-state index contributed by atoms with van der Waals surface area (Å²) in [7, 11) is 0. The van der Waals surface area contributed by atoms with E-state index in [1.807, 2.05) is 6.92 Å². The third-order valence-corrected chi connectivity index (χ3v) is 3.80. The van der Waals surface area contributed by atoms with Gasteiger partial charge in [-0.25, -0.2) is 0 Å². The first kappa shape index (κ1) is 12.9. The molecule has 3 rings (SSSR count). The van der Waals surface area contributed by atoms with E-state index in [1.54, 1.807) is 29.2 Å². The highest BCUT2D eigenvalue weighted by Gasteiger charge is 2.31. The van der Waals surface area contributed by atoms with Gasteiger partial charge in [-0.1, -0.05) is 19.1 Å². The smallest absolute Gasteiger partial charge is 0.289 e. The third-order valence-electron chi connectivity index (χ3n) is 3.80. The zero-order chi connectivity index (χ0) is 14.3. The number of fused-ring (bicyclic) bond motifs is 1. The fraction of sp³-hybridized carbons (Fsp3) is 0.333. The Hall–Kier alpha value is -2.14. The third kappa shape index (κ3) is 2.10. The number of nitrogens with zero attached hydrogens (tertiary/aromatic N) is 1. The molecule has 1 aliphatic heterocycles. The van der Waals surface area contributed by atoms with Crippen LogP contribution in [-0.4, -0.2) is 29.9 Å². The molecule has 2 atom stereocenters. The van der Waals surface area contributed by atoms with Gasteiger partial charge in [0.25, 0.3) is 5.91 Å². The van der Waals surface area contributed by atoms with E-state index < -0.39 is 0 Å². The summed E-state index contributed by atoms with van der Waals surface area (Å²) in [6.07, 6.45) is 0. The van der Waals surface area contributed by atoms with E-state index in [0.29, 0.717) is 24.1 Å². The molecular formula is C15H16N2O3. The Morgan fingerprint density at radius 1 is 1.35 bits per heavy atom. The van der Waals surface area contributed by atoms with Crippen LogP contribution >= 0.6 is 0 Å². The van der Waals surface area contributed by atoms with Crippen molar-refractivity contribution in [3.05, 3.63) is 46.3 Å². The second-order valence-electron chi connectivity index (χ2n) is 5.32. The van der Waals surface area contributed by atoms with Crippen molar-refractivity contribution in [2.75, 3.05) is 13.1 Å². The predicted octanol–water partition coefficient (Wildman–Crippen LogP) is 1.21. The average molecular weight is 272 g/mol. The maximum Gasteiger partial charge on any atom is 0.289 e. The van der Waals surface area contributed by atoms with Crippen LogP contribution in [0.25, 0.3) is 11.0 Å². The van der Waals surface area contributed by atoms with Crippen LogP contribution in [0.15, 0.2) is 39.5 Å². The van der Waals surface area contributed by atoms with E-state index in [2.05, 4.69) is 0 Å². The Bertz CT molecular complexity index is 712. The Morgan fingerprint density at radius 2 is 2.10 bits per heavy atom. The number of hydrogen-bond donors (Lipinski definition) is 1. The monoisotopic (exact) mass is 272 g/mol. The van der Waals surface area contributed by atoms with Gasteiger partial charge in [-0.2, -0.15) is 0 Å². The molecule has 20 heavy (non-hydrogen) atoms. The second kappa shape index (κ2) is 4.76. The fourth-order valence-corrected chi connectivity index (χ4v) is 2.52. The van der Waals surface area contributed by atoms with Gasteiger partial charge in [0.1, 0.15) is 5.58 Å². The van der Waals surface area contributed by atoms with Gasteiger partial charge in [-0.3, -0.25) is 9.59 Å². The van der Waals surface area contributed by atoms with Gasteiger partial charge in [0.15, 0.2) is 11.2 Å². The van der Waals surface area contributed by atoms with Crippen molar-refractivity contribution in [2.24, 2.45) is 11.7 Å². The summed E-state index contributed by atoms with van der Waals surface area (Å²) in [5, 5.41) is 0.482. The lowest BCUT2D eigenvalue weighted by Gasteiger charge is -2.14. The Morgan fingerprint density at radius 3 is 2.80 bits per heavy atom. The lowest BCUT2D eigenvalue weighted by molar-refractivity contribution is 0.0756. The summed E-state index contributed by atoms with van der Waals surface area (Å²) in [6, 6.07) is 8.15. The van der Waals surface area contributed by atoms with Crippen LogP contribution in [0.3, 0.4) is 0 Å². The molecule has 0 aliphatic carbocycles. The van der Waals surface area contributed by atoms with E-state index in [1.165, 1.54) is 6.07 Å². The average Bonchev–Trinajstić information content (AvgIpc) is 2.78. The van der Waals surface area contributed by atoms with Gasteiger partial charge in [0, 0.05) is 25.2 Å². The van der Waals surface area contributed by atoms with E-state index in [-0.39, 0.29) is 29.1 Å². The van der Waals surface area contributed by atoms with Crippen LogP contribution in [-0.2, 0) is 0 Å². The molecule has 1 saturated heterocycles. The zero-order valence-electron chi connectivity index (χ0n) is 11.2. The number of nitrogens with two attached hydrogens (primary N) is 1. The largest absolute Gasteiger partial charge is 0.451 e. The quantitative estimate of drug-likeness (QED) is 0.846. The summed E-state index contributed by atoms with van der Waals surface area (Å²) in [4.78, 5) is 26.0. The first-order chi connectivity index (χ1) is 9.56. The van der Waals surface area contributed by atoms with Crippen molar-refractivity contribution in [1.29, 1.82) is 0 Å². The lowest BCUT2D eigenvalue weighted by atomic mass is 10.1. The summed E-state index contributed by atoms with van der Waals surface area (Å²) in [5.41, 5.74) is 6.15. The van der Waals surface area contributed by atoms with E-state index in [9.17, 15) is 9.59 Å². The minimum Gasteiger partial charge on any atom is -0.451 e. The van der Waals surface area contributed by atoms with Crippen molar-refractivity contribution >= 4 is 16.9 Å². The predicted molar refractivity (Wildman–Crippen MR) is 75.5 cm³/mol. The number of rotatable bonds is 1. The van der Waals surface area contributed by atoms with Crippen molar-refractivity contribution in [3.8, 4) is 0 Å². The van der Waals surface area contributed by atoms with E-state index >= 15 is 0 Å². The number of amides is 1. The van der Waals surface area contributed by atoms with Gasteiger partial charge in [0.05, 0.1) is 5.39 Å². The molecule has 1 aliphatic rings. The maximum atomic E-state index is 12.4. The minimum atomic E-state index is -0.271. The summed E-state index contributed by atoms with van der Waals surface area (Å²) >= 11 is 0. The van der Waals surface area contributed by atoms with Crippen LogP contribution < -0.4 is 11.2 Å². The standard InChI is InChI=1S/C15H16N2O3/c1-9-7-17(8-11(9)16)15(19)14-6-12(18)10-4-2-3-5-13(10)20-14/h2-6,9,11H,7-8,16H2,1H3. The number of hydrogen-bond acceptors (Lipinski definition) is 4. The van der Waals surface area contributed by atoms with E-state index in [4.69, 9.17) is 10.2 Å². The zero-order valence-corrected chi connectivity index (χ0v) is 11.2. The molecule has 0 saturated carbocycles. The molecule has 5 heteroatoms. The molecule has 0 bridgehead atoms. The normalized spacial score (nSPS) is 22.4. The van der Waals surface area contributed by atoms with Crippen LogP contribution in [0.4, 0.5) is 0 Å². The molecule has 1 aromatic heterocycles. The Balaban J connectivity index is 1.98. The van der Waals surface area contributed by atoms with Crippen LogP contribution in [0.1, 0.15) is 17.5 Å². The maximum absolute atomic E-state index is 12.4. The molecule has 2 unspecified atom stereocenters. The van der Waals surface area contributed by atoms with Crippen LogP contribution in [0.5, 0.6) is 0 Å². The Labute approximate surface area is 116 Å². The number of benzene rings is 1.